The van der Waals surface area contributed by atoms with E-state index in [2.05, 4.69) is 19.9 Å². The van der Waals surface area contributed by atoms with E-state index < -0.39 is 9.85 Å². The minimum atomic E-state index is -0.540. The normalized spacial score (nSPS) is 12.5. The van der Waals surface area contributed by atoms with Crippen LogP contribution in [0.25, 0.3) is 46.1 Å². The Balaban J connectivity index is 1.95. The van der Waals surface area contributed by atoms with Crippen molar-refractivity contribution in [1.82, 2.24) is 19.9 Å². The molecule has 8 bridgehead atoms. The minimum Gasteiger partial charge on any atom is -0.494 e. The van der Waals surface area contributed by atoms with Gasteiger partial charge in [-0.3, -0.25) is 20.2 Å². The molecule has 5 heterocycles. The third-order valence-corrected chi connectivity index (χ3v) is 5.00. The monoisotopic (exact) mass is 430 g/mol. The zero-order valence-corrected chi connectivity index (χ0v) is 16.5. The van der Waals surface area contributed by atoms with Crippen LogP contribution >= 0.6 is 0 Å². The number of nitrogens with zero attached hydrogens (tertiary/aromatic N) is 4. The van der Waals surface area contributed by atoms with Gasteiger partial charge in [0.2, 0.25) is 0 Å². The second-order valence-corrected chi connectivity index (χ2v) is 7.01. The maximum absolute atomic E-state index is 11.9. The van der Waals surface area contributed by atoms with E-state index in [1.54, 1.807) is 48.6 Å². The van der Waals surface area contributed by atoms with Crippen LogP contribution in [0.5, 0.6) is 0 Å². The van der Waals surface area contributed by atoms with Crippen molar-refractivity contribution in [2.24, 2.45) is 0 Å². The van der Waals surface area contributed by atoms with Crippen LogP contribution in [0.1, 0.15) is 22.8 Å². The molecule has 3 aromatic rings. The summed E-state index contributed by atoms with van der Waals surface area (Å²) in [7, 11) is 1.40. The molecule has 2 aliphatic heterocycles. The number of aromatic amines is 2. The SMILES string of the molecule is COC1=Cc2cc3ccc([nH]3)c([N+](=O)[O-])c3ccc(cc4nc(c([N+](=O)[O-])c1n2)C=C4)[nH]3. The number of hydrogen-bond donors (Lipinski definition) is 2. The van der Waals surface area contributed by atoms with Gasteiger partial charge in [0, 0.05) is 17.1 Å². The Bertz CT molecular complexity index is 1530. The summed E-state index contributed by atoms with van der Waals surface area (Å²) < 4.78 is 5.32. The van der Waals surface area contributed by atoms with E-state index in [0.717, 1.165) is 0 Å². The number of ether oxygens (including phenoxy) is 1. The van der Waals surface area contributed by atoms with Gasteiger partial charge in [0.1, 0.15) is 16.7 Å². The first-order valence-corrected chi connectivity index (χ1v) is 9.40. The molecule has 0 radical (unpaired) electrons. The van der Waals surface area contributed by atoms with Gasteiger partial charge in [0.15, 0.2) is 11.5 Å². The molecule has 0 fully saturated rings. The molecule has 0 atom stereocenters. The number of nitrogens with one attached hydrogen (secondary N) is 2. The van der Waals surface area contributed by atoms with E-state index in [0.29, 0.717) is 33.5 Å². The highest BCUT2D eigenvalue weighted by atomic mass is 16.6. The van der Waals surface area contributed by atoms with Gasteiger partial charge < -0.3 is 14.7 Å². The quantitative estimate of drug-likeness (QED) is 0.360. The molecule has 0 spiro atoms. The average molecular weight is 430 g/mol. The van der Waals surface area contributed by atoms with E-state index in [1.807, 2.05) is 0 Å². The van der Waals surface area contributed by atoms with Crippen LogP contribution < -0.4 is 0 Å². The van der Waals surface area contributed by atoms with Gasteiger partial charge >= 0.3 is 11.4 Å². The summed E-state index contributed by atoms with van der Waals surface area (Å²) in [5.74, 6) is 0.221. The van der Waals surface area contributed by atoms with Gasteiger partial charge in [-0.05, 0) is 48.6 Å². The first-order chi connectivity index (χ1) is 15.4. The molecule has 2 N–H and O–H groups in total. The van der Waals surface area contributed by atoms with Crippen LogP contribution in [-0.4, -0.2) is 36.9 Å². The van der Waals surface area contributed by atoms with Crippen molar-refractivity contribution in [2.75, 3.05) is 7.11 Å². The van der Waals surface area contributed by atoms with Gasteiger partial charge in [-0.2, -0.15) is 0 Å². The fraction of sp³-hybridized carbons (Fsp3) is 0.0476. The summed E-state index contributed by atoms with van der Waals surface area (Å²) in [5.41, 5.74) is 2.31. The van der Waals surface area contributed by atoms with E-state index in [-0.39, 0.29) is 28.5 Å². The number of methoxy groups -OCH3 is 1. The second-order valence-electron chi connectivity index (χ2n) is 7.01. The summed E-state index contributed by atoms with van der Waals surface area (Å²) in [6, 6.07) is 9.79. The lowest BCUT2D eigenvalue weighted by Gasteiger charge is -2.00. The van der Waals surface area contributed by atoms with E-state index >= 15 is 0 Å². The molecule has 158 valence electrons. The van der Waals surface area contributed by atoms with Crippen LogP contribution in [0.2, 0.25) is 0 Å². The summed E-state index contributed by atoms with van der Waals surface area (Å²) in [5, 5.41) is 23.7. The zero-order valence-electron chi connectivity index (χ0n) is 16.5. The van der Waals surface area contributed by atoms with Crippen molar-refractivity contribution >= 4 is 57.4 Å². The number of aromatic nitrogens is 4. The minimum absolute atomic E-state index is 0.0481. The van der Waals surface area contributed by atoms with E-state index in [1.165, 1.54) is 13.2 Å². The summed E-state index contributed by atoms with van der Waals surface area (Å²) in [4.78, 5) is 37.4. The third-order valence-electron chi connectivity index (χ3n) is 5.00. The Morgan fingerprint density at radius 3 is 2.06 bits per heavy atom. The molecule has 32 heavy (non-hydrogen) atoms. The fourth-order valence-corrected chi connectivity index (χ4v) is 3.64. The number of nitro groups is 2. The Hall–Kier alpha value is -4.80. The summed E-state index contributed by atoms with van der Waals surface area (Å²) in [6.45, 7) is 0. The maximum Gasteiger partial charge on any atom is 0.324 e. The van der Waals surface area contributed by atoms with Gasteiger partial charge in [-0.25, -0.2) is 9.97 Å². The molecule has 3 aromatic heterocycles. The Morgan fingerprint density at radius 1 is 0.844 bits per heavy atom. The molecular weight excluding hydrogens is 416 g/mol. The highest BCUT2D eigenvalue weighted by Gasteiger charge is 2.27. The third kappa shape index (κ3) is 3.17. The molecule has 0 aliphatic carbocycles. The van der Waals surface area contributed by atoms with Crippen molar-refractivity contribution in [3.8, 4) is 0 Å². The van der Waals surface area contributed by atoms with Gasteiger partial charge in [0.25, 0.3) is 0 Å². The Morgan fingerprint density at radius 2 is 1.47 bits per heavy atom. The van der Waals surface area contributed by atoms with Crippen molar-refractivity contribution in [1.29, 1.82) is 0 Å². The van der Waals surface area contributed by atoms with Gasteiger partial charge in [-0.1, -0.05) is 0 Å². The molecule has 0 saturated carbocycles. The Labute approximate surface area is 179 Å². The topological polar surface area (TPSA) is 153 Å². The lowest BCUT2D eigenvalue weighted by molar-refractivity contribution is -0.385. The van der Waals surface area contributed by atoms with Crippen LogP contribution in [-0.2, 0) is 4.74 Å². The van der Waals surface area contributed by atoms with Crippen molar-refractivity contribution in [3.05, 3.63) is 79.4 Å². The number of rotatable bonds is 3. The highest BCUT2D eigenvalue weighted by Crippen LogP contribution is 2.33. The molecule has 0 amide bonds. The average Bonchev–Trinajstić information content (AvgIpc) is 3.52. The smallest absolute Gasteiger partial charge is 0.324 e. The molecule has 0 aromatic carbocycles. The molecule has 0 unspecified atom stereocenters. The largest absolute Gasteiger partial charge is 0.494 e. The summed E-state index contributed by atoms with van der Waals surface area (Å²) in [6.07, 6.45) is 4.70. The molecule has 2 aliphatic rings. The zero-order chi connectivity index (χ0) is 22.4. The fourth-order valence-electron chi connectivity index (χ4n) is 3.64. The van der Waals surface area contributed by atoms with Crippen molar-refractivity contribution < 1.29 is 14.6 Å². The van der Waals surface area contributed by atoms with E-state index in [9.17, 15) is 20.2 Å². The summed E-state index contributed by atoms with van der Waals surface area (Å²) >= 11 is 0. The molecule has 11 heteroatoms. The molecule has 0 saturated heterocycles. The number of H-pyrrole nitrogens is 2. The predicted molar refractivity (Wildman–Crippen MR) is 118 cm³/mol. The van der Waals surface area contributed by atoms with Crippen molar-refractivity contribution in [2.45, 2.75) is 0 Å². The number of hydrogen-bond acceptors (Lipinski definition) is 7. The van der Waals surface area contributed by atoms with Gasteiger partial charge in [0.05, 0.1) is 28.3 Å². The lowest BCUT2D eigenvalue weighted by Crippen LogP contribution is -1.98. The first kappa shape index (κ1) is 19.2. The van der Waals surface area contributed by atoms with Crippen LogP contribution in [0.4, 0.5) is 11.4 Å². The predicted octanol–water partition coefficient (Wildman–Crippen LogP) is 4.45. The number of fused-ring (bicyclic) bond motifs is 8. The first-order valence-electron chi connectivity index (χ1n) is 9.40. The standard InChI is InChI=1S/C21H14N6O5/c1-32-18-10-14-9-13-3-6-16(23-13)20(26(28)29)15-5-2-11(22-15)8-12-4-7-17(24-12)21(27(30)31)19(18)25-14/h2-10,22-23H,1H3. The molecule has 11 nitrogen and oxygen atoms in total. The second kappa shape index (κ2) is 7.16. The highest BCUT2D eigenvalue weighted by molar-refractivity contribution is 5.88. The molecule has 5 rings (SSSR count). The van der Waals surface area contributed by atoms with Crippen LogP contribution in [0.3, 0.4) is 0 Å². The van der Waals surface area contributed by atoms with Crippen LogP contribution in [0.15, 0.2) is 36.4 Å². The van der Waals surface area contributed by atoms with Gasteiger partial charge in [-0.15, -0.1) is 0 Å². The van der Waals surface area contributed by atoms with E-state index in [4.69, 9.17) is 4.74 Å². The Kier molecular flexibility index (Phi) is 4.29. The van der Waals surface area contributed by atoms with Crippen LogP contribution in [0, 0.1) is 20.2 Å². The van der Waals surface area contributed by atoms with Crippen molar-refractivity contribution in [3.63, 3.8) is 0 Å². The maximum atomic E-state index is 11.9. The molecular formula is C21H14N6O5. The lowest BCUT2D eigenvalue weighted by atomic mass is 10.2.